The number of hydrogen-bond donors (Lipinski definition) is 2. The van der Waals surface area contributed by atoms with Gasteiger partial charge in [0.2, 0.25) is 5.91 Å². The Morgan fingerprint density at radius 2 is 2.00 bits per heavy atom. The predicted molar refractivity (Wildman–Crippen MR) is 72.8 cm³/mol. The maximum Gasteiger partial charge on any atom is 0.270 e. The molecule has 1 rings (SSSR count). The number of rotatable bonds is 5. The van der Waals surface area contributed by atoms with Crippen molar-refractivity contribution in [3.05, 3.63) is 39.9 Å². The molecule has 0 atom stereocenters. The van der Waals surface area contributed by atoms with Crippen molar-refractivity contribution in [1.82, 2.24) is 10.9 Å². The van der Waals surface area contributed by atoms with Crippen LogP contribution in [0.5, 0.6) is 0 Å². The van der Waals surface area contributed by atoms with Crippen molar-refractivity contribution < 1.29 is 14.5 Å². The van der Waals surface area contributed by atoms with Gasteiger partial charge in [-0.05, 0) is 18.4 Å². The van der Waals surface area contributed by atoms with Gasteiger partial charge < -0.3 is 0 Å². The summed E-state index contributed by atoms with van der Waals surface area (Å²) in [4.78, 5) is 33.1. The molecule has 0 spiro atoms. The van der Waals surface area contributed by atoms with Gasteiger partial charge in [-0.1, -0.05) is 19.9 Å². The van der Waals surface area contributed by atoms with Crippen LogP contribution in [-0.2, 0) is 4.79 Å². The number of benzene rings is 1. The second-order valence-electron chi connectivity index (χ2n) is 4.74. The third-order valence-electron chi connectivity index (χ3n) is 2.58. The average molecular weight is 279 g/mol. The van der Waals surface area contributed by atoms with Crippen LogP contribution in [-0.4, -0.2) is 16.7 Å². The summed E-state index contributed by atoms with van der Waals surface area (Å²) in [7, 11) is 0. The van der Waals surface area contributed by atoms with Crippen LogP contribution >= 0.6 is 0 Å². The molecule has 0 aliphatic heterocycles. The third kappa shape index (κ3) is 5.05. The van der Waals surface area contributed by atoms with Crippen molar-refractivity contribution in [3.8, 4) is 0 Å². The summed E-state index contributed by atoms with van der Waals surface area (Å²) in [6, 6.07) is 5.28. The first-order valence-corrected chi connectivity index (χ1v) is 6.23. The molecule has 7 heteroatoms. The van der Waals surface area contributed by atoms with E-state index in [-0.39, 0.29) is 17.2 Å². The van der Waals surface area contributed by atoms with Crippen LogP contribution in [0.2, 0.25) is 0 Å². The number of nitrogens with zero attached hydrogens (tertiary/aromatic N) is 1. The van der Waals surface area contributed by atoms with Gasteiger partial charge in [0.1, 0.15) is 0 Å². The monoisotopic (exact) mass is 279 g/mol. The maximum atomic E-state index is 11.7. The molecule has 7 nitrogen and oxygen atoms in total. The fourth-order valence-corrected chi connectivity index (χ4v) is 1.44. The number of carbonyl (C=O) groups is 2. The van der Waals surface area contributed by atoms with Gasteiger partial charge in [0.25, 0.3) is 11.6 Å². The van der Waals surface area contributed by atoms with Crippen LogP contribution in [0.3, 0.4) is 0 Å². The van der Waals surface area contributed by atoms with Crippen molar-refractivity contribution in [2.45, 2.75) is 26.7 Å². The van der Waals surface area contributed by atoms with Gasteiger partial charge in [-0.25, -0.2) is 0 Å². The Morgan fingerprint density at radius 1 is 1.30 bits per heavy atom. The lowest BCUT2D eigenvalue weighted by atomic mass is 10.1. The van der Waals surface area contributed by atoms with Crippen LogP contribution < -0.4 is 10.9 Å². The maximum absolute atomic E-state index is 11.7. The second-order valence-corrected chi connectivity index (χ2v) is 4.74. The van der Waals surface area contributed by atoms with E-state index in [1.54, 1.807) is 0 Å². The smallest absolute Gasteiger partial charge is 0.270 e. The van der Waals surface area contributed by atoms with Crippen molar-refractivity contribution >= 4 is 17.5 Å². The molecule has 0 saturated heterocycles. The molecule has 0 aliphatic rings. The lowest BCUT2D eigenvalue weighted by Crippen LogP contribution is -2.41. The Labute approximate surface area is 116 Å². The highest BCUT2D eigenvalue weighted by molar-refractivity contribution is 5.95. The Morgan fingerprint density at radius 3 is 2.60 bits per heavy atom. The minimum Gasteiger partial charge on any atom is -0.273 e. The van der Waals surface area contributed by atoms with Gasteiger partial charge in [0.15, 0.2) is 0 Å². The van der Waals surface area contributed by atoms with Gasteiger partial charge >= 0.3 is 0 Å². The van der Waals surface area contributed by atoms with E-state index in [0.717, 1.165) is 12.5 Å². The third-order valence-corrected chi connectivity index (χ3v) is 2.58. The molecule has 2 amide bonds. The predicted octanol–water partition coefficient (Wildman–Crippen LogP) is 1.79. The van der Waals surface area contributed by atoms with Crippen LogP contribution in [0.15, 0.2) is 24.3 Å². The molecule has 0 fully saturated rings. The van der Waals surface area contributed by atoms with Crippen LogP contribution in [0.25, 0.3) is 0 Å². The lowest BCUT2D eigenvalue weighted by molar-refractivity contribution is -0.384. The summed E-state index contributed by atoms with van der Waals surface area (Å²) in [6.07, 6.45) is 1.03. The molecule has 0 aromatic heterocycles. The van der Waals surface area contributed by atoms with Crippen LogP contribution in [0.1, 0.15) is 37.0 Å². The summed E-state index contributed by atoms with van der Waals surface area (Å²) < 4.78 is 0. The largest absolute Gasteiger partial charge is 0.273 e. The van der Waals surface area contributed by atoms with Crippen LogP contribution in [0, 0.1) is 16.0 Å². The molecule has 1 aromatic rings. The second kappa shape index (κ2) is 7.22. The SMILES string of the molecule is CC(C)CCC(=O)NNC(=O)c1cccc([N+](=O)[O-])c1. The van der Waals surface area contributed by atoms with E-state index in [1.807, 2.05) is 13.8 Å². The number of amides is 2. The fraction of sp³-hybridized carbons (Fsp3) is 0.385. The van der Waals surface area contributed by atoms with Crippen molar-refractivity contribution in [1.29, 1.82) is 0 Å². The molecular weight excluding hydrogens is 262 g/mol. The topological polar surface area (TPSA) is 101 Å². The molecule has 1 aromatic carbocycles. The normalized spacial score (nSPS) is 10.2. The summed E-state index contributed by atoms with van der Waals surface area (Å²) in [5.41, 5.74) is 4.44. The van der Waals surface area contributed by atoms with Gasteiger partial charge in [-0.2, -0.15) is 0 Å². The van der Waals surface area contributed by atoms with E-state index in [0.29, 0.717) is 12.3 Å². The molecule has 0 heterocycles. The average Bonchev–Trinajstić information content (AvgIpc) is 2.42. The first kappa shape index (κ1) is 15.6. The fourth-order valence-electron chi connectivity index (χ4n) is 1.44. The van der Waals surface area contributed by atoms with E-state index in [2.05, 4.69) is 10.9 Å². The highest BCUT2D eigenvalue weighted by atomic mass is 16.6. The van der Waals surface area contributed by atoms with E-state index in [4.69, 9.17) is 0 Å². The molecule has 2 N–H and O–H groups in total. The van der Waals surface area contributed by atoms with Crippen molar-refractivity contribution in [2.75, 3.05) is 0 Å². The zero-order chi connectivity index (χ0) is 15.1. The van der Waals surface area contributed by atoms with Crippen LogP contribution in [0.4, 0.5) is 5.69 Å². The zero-order valence-electron chi connectivity index (χ0n) is 11.4. The van der Waals surface area contributed by atoms with E-state index in [1.165, 1.54) is 18.2 Å². The first-order valence-electron chi connectivity index (χ1n) is 6.23. The van der Waals surface area contributed by atoms with Gasteiger partial charge in [-0.15, -0.1) is 0 Å². The van der Waals surface area contributed by atoms with E-state index >= 15 is 0 Å². The minimum absolute atomic E-state index is 0.114. The van der Waals surface area contributed by atoms with Gasteiger partial charge in [0.05, 0.1) is 4.92 Å². The van der Waals surface area contributed by atoms with Gasteiger partial charge in [0, 0.05) is 24.1 Å². The molecule has 20 heavy (non-hydrogen) atoms. The summed E-state index contributed by atoms with van der Waals surface area (Å²) in [6.45, 7) is 3.99. The molecule has 0 radical (unpaired) electrons. The molecule has 0 bridgehead atoms. The van der Waals surface area contributed by atoms with Crippen molar-refractivity contribution in [2.24, 2.45) is 5.92 Å². The number of nitro benzene ring substituents is 1. The number of nitro groups is 1. The summed E-state index contributed by atoms with van der Waals surface area (Å²) in [5, 5.41) is 10.6. The number of hydrogen-bond acceptors (Lipinski definition) is 4. The number of non-ortho nitro benzene ring substituents is 1. The molecule has 0 saturated carbocycles. The molecule has 108 valence electrons. The molecule has 0 aliphatic carbocycles. The summed E-state index contributed by atoms with van der Waals surface area (Å²) in [5.74, 6) is -0.489. The number of nitrogens with one attached hydrogen (secondary N) is 2. The molecular formula is C13H17N3O4. The Kier molecular flexibility index (Phi) is 5.64. The standard InChI is InChI=1S/C13H17N3O4/c1-9(2)6-7-12(17)14-15-13(18)10-4-3-5-11(8-10)16(19)20/h3-5,8-9H,6-7H2,1-2H3,(H,14,17)(H,15,18). The minimum atomic E-state index is -0.591. The first-order chi connectivity index (χ1) is 9.40. The lowest BCUT2D eigenvalue weighted by Gasteiger charge is -2.08. The van der Waals surface area contributed by atoms with Crippen molar-refractivity contribution in [3.63, 3.8) is 0 Å². The number of carbonyl (C=O) groups excluding carboxylic acids is 2. The number of hydrazine groups is 1. The summed E-state index contributed by atoms with van der Waals surface area (Å²) >= 11 is 0. The molecule has 0 unspecified atom stereocenters. The van der Waals surface area contributed by atoms with Gasteiger partial charge in [-0.3, -0.25) is 30.6 Å². The zero-order valence-corrected chi connectivity index (χ0v) is 11.4. The Bertz CT molecular complexity index is 514. The Balaban J connectivity index is 2.53. The van der Waals surface area contributed by atoms with E-state index in [9.17, 15) is 19.7 Å². The van der Waals surface area contributed by atoms with E-state index < -0.39 is 10.8 Å². The Hall–Kier alpha value is -2.44. The highest BCUT2D eigenvalue weighted by Gasteiger charge is 2.12. The highest BCUT2D eigenvalue weighted by Crippen LogP contribution is 2.12. The quantitative estimate of drug-likeness (QED) is 0.633.